The lowest BCUT2D eigenvalue weighted by Crippen LogP contribution is -2.25. The second-order valence-electron chi connectivity index (χ2n) is 4.51. The molecule has 0 saturated carbocycles. The van der Waals surface area contributed by atoms with Gasteiger partial charge in [0.1, 0.15) is 6.61 Å². The van der Waals surface area contributed by atoms with Crippen molar-refractivity contribution in [2.45, 2.75) is 25.4 Å². The van der Waals surface area contributed by atoms with Gasteiger partial charge >= 0.3 is 5.97 Å². The van der Waals surface area contributed by atoms with Gasteiger partial charge in [-0.2, -0.15) is 0 Å². The summed E-state index contributed by atoms with van der Waals surface area (Å²) in [5, 5.41) is 10.8. The van der Waals surface area contributed by atoms with Crippen LogP contribution in [0.2, 0.25) is 0 Å². The Kier molecular flexibility index (Phi) is 5.08. The summed E-state index contributed by atoms with van der Waals surface area (Å²) in [7, 11) is 0. The minimum Gasteiger partial charge on any atom is -0.459 e. The molecule has 0 radical (unpaired) electrons. The van der Waals surface area contributed by atoms with Gasteiger partial charge in [0.05, 0.1) is 21.1 Å². The van der Waals surface area contributed by atoms with Gasteiger partial charge in [0.15, 0.2) is 0 Å². The number of esters is 1. The number of nitro benzene ring substituents is 1. The summed E-state index contributed by atoms with van der Waals surface area (Å²) in [5.74, 6) is -0.574. The lowest BCUT2D eigenvalue weighted by molar-refractivity contribution is -0.385. The van der Waals surface area contributed by atoms with Crippen LogP contribution in [0.1, 0.15) is 29.6 Å². The van der Waals surface area contributed by atoms with E-state index in [1.807, 2.05) is 0 Å². The van der Waals surface area contributed by atoms with Crippen molar-refractivity contribution < 1.29 is 19.2 Å². The highest BCUT2D eigenvalue weighted by Crippen LogP contribution is 2.26. The van der Waals surface area contributed by atoms with Crippen molar-refractivity contribution in [1.82, 2.24) is 0 Å². The molecule has 1 aliphatic heterocycles. The number of carbonyl (C=O) groups excluding carboxylic acids is 1. The minimum absolute atomic E-state index is 0.0712. The van der Waals surface area contributed by atoms with Crippen molar-refractivity contribution in [2.75, 3.05) is 13.2 Å². The number of halogens is 1. The molecule has 7 heteroatoms. The molecule has 108 valence electrons. The Labute approximate surface area is 124 Å². The first-order valence-electron chi connectivity index (χ1n) is 6.30. The molecular weight excluding hydrogens is 330 g/mol. The molecule has 0 aromatic heterocycles. The van der Waals surface area contributed by atoms with Crippen LogP contribution >= 0.6 is 15.9 Å². The summed E-state index contributed by atoms with van der Waals surface area (Å²) in [5.41, 5.74) is 0.00377. The van der Waals surface area contributed by atoms with E-state index in [0.29, 0.717) is 11.1 Å². The average Bonchev–Trinajstić information content (AvgIpc) is 2.46. The summed E-state index contributed by atoms with van der Waals surface area (Å²) >= 11 is 3.07. The van der Waals surface area contributed by atoms with Crippen molar-refractivity contribution in [3.05, 3.63) is 38.3 Å². The predicted octanol–water partition coefficient (Wildman–Crippen LogP) is 3.08. The number of nitrogens with zero attached hydrogens (tertiary/aromatic N) is 1. The van der Waals surface area contributed by atoms with Gasteiger partial charge in [0.25, 0.3) is 5.69 Å². The van der Waals surface area contributed by atoms with Crippen LogP contribution in [-0.2, 0) is 9.47 Å². The quantitative estimate of drug-likeness (QED) is 0.476. The van der Waals surface area contributed by atoms with Gasteiger partial charge in [-0.1, -0.05) is 0 Å². The van der Waals surface area contributed by atoms with Gasteiger partial charge in [0.2, 0.25) is 0 Å². The van der Waals surface area contributed by atoms with Crippen LogP contribution in [0.5, 0.6) is 0 Å². The summed E-state index contributed by atoms with van der Waals surface area (Å²) < 4.78 is 10.9. The molecule has 0 bridgehead atoms. The SMILES string of the molecule is O=C(OCC1CCCCO1)c1ccc(Br)c([N+](=O)[O-])c1. The molecule has 0 N–H and O–H groups in total. The number of hydrogen-bond donors (Lipinski definition) is 0. The van der Waals surface area contributed by atoms with Crippen molar-refractivity contribution >= 4 is 27.6 Å². The zero-order valence-corrected chi connectivity index (χ0v) is 12.3. The van der Waals surface area contributed by atoms with E-state index in [9.17, 15) is 14.9 Å². The third kappa shape index (κ3) is 3.77. The Morgan fingerprint density at radius 1 is 1.50 bits per heavy atom. The largest absolute Gasteiger partial charge is 0.459 e. The molecule has 1 atom stereocenters. The lowest BCUT2D eigenvalue weighted by atomic mass is 10.1. The Morgan fingerprint density at radius 3 is 2.95 bits per heavy atom. The number of ether oxygens (including phenoxy) is 2. The molecule has 1 saturated heterocycles. The molecule has 1 heterocycles. The second-order valence-corrected chi connectivity index (χ2v) is 5.36. The average molecular weight is 344 g/mol. The zero-order chi connectivity index (χ0) is 14.5. The lowest BCUT2D eigenvalue weighted by Gasteiger charge is -2.22. The molecule has 1 fully saturated rings. The number of rotatable bonds is 4. The number of benzene rings is 1. The predicted molar refractivity (Wildman–Crippen MR) is 74.7 cm³/mol. The maximum atomic E-state index is 11.9. The molecule has 20 heavy (non-hydrogen) atoms. The molecule has 0 aliphatic carbocycles. The van der Waals surface area contributed by atoms with E-state index >= 15 is 0 Å². The Hall–Kier alpha value is -1.47. The van der Waals surface area contributed by atoms with Gasteiger partial charge in [-0.15, -0.1) is 0 Å². The first-order valence-corrected chi connectivity index (χ1v) is 7.10. The number of carbonyl (C=O) groups is 1. The number of hydrogen-bond acceptors (Lipinski definition) is 5. The molecule has 6 nitrogen and oxygen atoms in total. The van der Waals surface area contributed by atoms with E-state index < -0.39 is 10.9 Å². The van der Waals surface area contributed by atoms with Crippen molar-refractivity contribution in [2.24, 2.45) is 0 Å². The highest BCUT2D eigenvalue weighted by molar-refractivity contribution is 9.10. The summed E-state index contributed by atoms with van der Waals surface area (Å²) in [6, 6.07) is 4.15. The summed E-state index contributed by atoms with van der Waals surface area (Å²) in [6.07, 6.45) is 2.89. The summed E-state index contributed by atoms with van der Waals surface area (Å²) in [6.45, 7) is 0.870. The van der Waals surface area contributed by atoms with Crippen LogP contribution in [0, 0.1) is 10.1 Å². The molecule has 0 amide bonds. The first-order chi connectivity index (χ1) is 9.58. The van der Waals surface area contributed by atoms with Crippen LogP contribution in [0.15, 0.2) is 22.7 Å². The molecular formula is C13H14BrNO5. The monoisotopic (exact) mass is 343 g/mol. The molecule has 0 spiro atoms. The van der Waals surface area contributed by atoms with Crippen molar-refractivity contribution in [3.8, 4) is 0 Å². The molecule has 1 aromatic rings. The Bertz CT molecular complexity index is 513. The third-order valence-corrected chi connectivity index (χ3v) is 3.72. The molecule has 1 unspecified atom stereocenters. The van der Waals surface area contributed by atoms with Gasteiger partial charge in [-0.05, 0) is 47.3 Å². The van der Waals surface area contributed by atoms with Gasteiger partial charge in [-0.3, -0.25) is 10.1 Å². The van der Waals surface area contributed by atoms with Crippen molar-refractivity contribution in [3.63, 3.8) is 0 Å². The first kappa shape index (κ1) is 14.9. The van der Waals surface area contributed by atoms with E-state index in [2.05, 4.69) is 15.9 Å². The normalized spacial score (nSPS) is 18.6. The second kappa shape index (κ2) is 6.81. The van der Waals surface area contributed by atoms with Gasteiger partial charge in [-0.25, -0.2) is 4.79 Å². The molecule has 2 rings (SSSR count). The number of nitro groups is 1. The Morgan fingerprint density at radius 2 is 2.30 bits per heavy atom. The van der Waals surface area contributed by atoms with Crippen LogP contribution in [0.3, 0.4) is 0 Å². The fourth-order valence-corrected chi connectivity index (χ4v) is 2.36. The highest BCUT2D eigenvalue weighted by atomic mass is 79.9. The maximum Gasteiger partial charge on any atom is 0.338 e. The highest BCUT2D eigenvalue weighted by Gasteiger charge is 2.19. The maximum absolute atomic E-state index is 11.9. The molecule has 1 aliphatic rings. The standard InChI is InChI=1S/C13H14BrNO5/c14-11-5-4-9(7-12(11)15(17)18)13(16)20-8-10-3-1-2-6-19-10/h4-5,7,10H,1-3,6,8H2. The third-order valence-electron chi connectivity index (χ3n) is 3.05. The van der Waals surface area contributed by atoms with E-state index in [4.69, 9.17) is 9.47 Å². The fraction of sp³-hybridized carbons (Fsp3) is 0.462. The van der Waals surface area contributed by atoms with E-state index in [1.54, 1.807) is 0 Å². The van der Waals surface area contributed by atoms with Gasteiger partial charge in [0, 0.05) is 12.7 Å². The Balaban J connectivity index is 1.98. The van der Waals surface area contributed by atoms with Crippen LogP contribution < -0.4 is 0 Å². The zero-order valence-electron chi connectivity index (χ0n) is 10.7. The molecule has 1 aromatic carbocycles. The smallest absolute Gasteiger partial charge is 0.338 e. The minimum atomic E-state index is -0.574. The topological polar surface area (TPSA) is 78.7 Å². The van der Waals surface area contributed by atoms with Crippen LogP contribution in [0.4, 0.5) is 5.69 Å². The van der Waals surface area contributed by atoms with Gasteiger partial charge < -0.3 is 9.47 Å². The van der Waals surface area contributed by atoms with Crippen LogP contribution in [0.25, 0.3) is 0 Å². The van der Waals surface area contributed by atoms with Crippen molar-refractivity contribution in [1.29, 1.82) is 0 Å². The van der Waals surface area contributed by atoms with E-state index in [-0.39, 0.29) is 24.0 Å². The van der Waals surface area contributed by atoms with E-state index in [1.165, 1.54) is 18.2 Å². The van der Waals surface area contributed by atoms with Crippen LogP contribution in [-0.4, -0.2) is 30.2 Å². The summed E-state index contributed by atoms with van der Waals surface area (Å²) in [4.78, 5) is 22.1. The van der Waals surface area contributed by atoms with E-state index in [0.717, 1.165) is 19.3 Å². The fourth-order valence-electron chi connectivity index (χ4n) is 1.97.